The van der Waals surface area contributed by atoms with Gasteiger partial charge in [-0.15, -0.1) is 0 Å². The lowest BCUT2D eigenvalue weighted by molar-refractivity contribution is 0.600. The molecule has 0 saturated heterocycles. The lowest BCUT2D eigenvalue weighted by Crippen LogP contribution is -2.15. The highest BCUT2D eigenvalue weighted by atomic mass is 35.5. The molecule has 0 bridgehead atoms. The fourth-order valence-corrected chi connectivity index (χ4v) is 3.23. The van der Waals surface area contributed by atoms with Gasteiger partial charge < -0.3 is 0 Å². The summed E-state index contributed by atoms with van der Waals surface area (Å²) in [6.45, 7) is 3.66. The summed E-state index contributed by atoms with van der Waals surface area (Å²) in [5.41, 5.74) is 2.22. The molecule has 0 aliphatic rings. The van der Waals surface area contributed by atoms with E-state index in [1.54, 1.807) is 0 Å². The number of nitrogens with one attached hydrogen (secondary N) is 1. The fourth-order valence-electron chi connectivity index (χ4n) is 1.72. The third-order valence-electron chi connectivity index (χ3n) is 2.80. The molecule has 1 heterocycles. The molecule has 0 unspecified atom stereocenters. The summed E-state index contributed by atoms with van der Waals surface area (Å²) in [6.07, 6.45) is 1.17. The van der Waals surface area contributed by atoms with Crippen LogP contribution in [0.1, 0.15) is 11.1 Å². The number of sulfonamides is 1. The monoisotopic (exact) mass is 330 g/mol. The minimum absolute atomic E-state index is 0.0328. The SMILES string of the molecule is Cc1cccc(C)c1NS(=O)(=O)c1cnc(Cl)c(Cl)c1. The van der Waals surface area contributed by atoms with Gasteiger partial charge in [0.05, 0.1) is 10.7 Å². The van der Waals surface area contributed by atoms with E-state index in [0.29, 0.717) is 5.69 Å². The zero-order valence-electron chi connectivity index (χ0n) is 10.8. The number of benzene rings is 1. The average molecular weight is 331 g/mol. The maximum Gasteiger partial charge on any atom is 0.263 e. The Kier molecular flexibility index (Phi) is 4.22. The summed E-state index contributed by atoms with van der Waals surface area (Å²) in [7, 11) is -3.75. The number of para-hydroxylation sites is 1. The molecule has 4 nitrogen and oxygen atoms in total. The van der Waals surface area contributed by atoms with E-state index in [2.05, 4.69) is 9.71 Å². The highest BCUT2D eigenvalue weighted by Gasteiger charge is 2.18. The number of nitrogens with zero attached hydrogens (tertiary/aromatic N) is 1. The largest absolute Gasteiger partial charge is 0.279 e. The van der Waals surface area contributed by atoms with Crippen molar-refractivity contribution >= 4 is 38.9 Å². The summed E-state index contributed by atoms with van der Waals surface area (Å²) in [6, 6.07) is 6.80. The lowest BCUT2D eigenvalue weighted by Gasteiger charge is -2.13. The molecule has 106 valence electrons. The fraction of sp³-hybridized carbons (Fsp3) is 0.154. The molecule has 20 heavy (non-hydrogen) atoms. The second-order valence-corrected chi connectivity index (χ2v) is 6.76. The second kappa shape index (κ2) is 5.60. The molecular formula is C13H12Cl2N2O2S. The molecule has 0 saturated carbocycles. The molecule has 0 aliphatic heterocycles. The van der Waals surface area contributed by atoms with Crippen LogP contribution >= 0.6 is 23.2 Å². The van der Waals surface area contributed by atoms with Gasteiger partial charge >= 0.3 is 0 Å². The predicted octanol–water partition coefficient (Wildman–Crippen LogP) is 3.81. The van der Waals surface area contributed by atoms with Gasteiger partial charge in [-0.25, -0.2) is 13.4 Å². The van der Waals surface area contributed by atoms with Crippen LogP contribution in [0, 0.1) is 13.8 Å². The number of anilines is 1. The van der Waals surface area contributed by atoms with Gasteiger partial charge in [-0.1, -0.05) is 41.4 Å². The van der Waals surface area contributed by atoms with Gasteiger partial charge in [0.2, 0.25) is 0 Å². The number of pyridine rings is 1. The number of halogens is 2. The first-order chi connectivity index (χ1) is 9.31. The van der Waals surface area contributed by atoms with Crippen LogP contribution in [0.2, 0.25) is 10.2 Å². The van der Waals surface area contributed by atoms with Crippen molar-refractivity contribution in [2.45, 2.75) is 18.7 Å². The van der Waals surface area contributed by atoms with Crippen LogP contribution < -0.4 is 4.72 Å². The van der Waals surface area contributed by atoms with Crippen molar-refractivity contribution in [1.82, 2.24) is 4.98 Å². The number of aromatic nitrogens is 1. The highest BCUT2D eigenvalue weighted by molar-refractivity contribution is 7.92. The molecule has 0 aliphatic carbocycles. The lowest BCUT2D eigenvalue weighted by atomic mass is 10.1. The molecule has 1 aromatic heterocycles. The van der Waals surface area contributed by atoms with Crippen LogP contribution in [-0.2, 0) is 10.0 Å². The second-order valence-electron chi connectivity index (χ2n) is 4.32. The Bertz CT molecular complexity index is 741. The first kappa shape index (κ1) is 15.1. The van der Waals surface area contributed by atoms with E-state index in [1.807, 2.05) is 32.0 Å². The van der Waals surface area contributed by atoms with Gasteiger partial charge in [-0.2, -0.15) is 0 Å². The summed E-state index contributed by atoms with van der Waals surface area (Å²) in [4.78, 5) is 3.71. The summed E-state index contributed by atoms with van der Waals surface area (Å²) in [5.74, 6) is 0. The Hall–Kier alpha value is -1.30. The Labute approximate surface area is 127 Å². The minimum Gasteiger partial charge on any atom is -0.279 e. The quantitative estimate of drug-likeness (QED) is 0.870. The standard InChI is InChI=1S/C13H12Cl2N2O2S/c1-8-4-3-5-9(2)12(8)17-20(18,19)10-6-11(14)13(15)16-7-10/h3-7,17H,1-2H3. The zero-order chi connectivity index (χ0) is 14.9. The first-order valence-corrected chi connectivity index (χ1v) is 7.95. The molecule has 2 rings (SSSR count). The molecule has 0 spiro atoms. The molecule has 0 radical (unpaired) electrons. The van der Waals surface area contributed by atoms with E-state index in [0.717, 1.165) is 11.1 Å². The normalized spacial score (nSPS) is 11.4. The molecule has 0 atom stereocenters. The Balaban J connectivity index is 2.43. The van der Waals surface area contributed by atoms with Crippen molar-refractivity contribution in [2.24, 2.45) is 0 Å². The van der Waals surface area contributed by atoms with Crippen molar-refractivity contribution in [3.05, 3.63) is 51.8 Å². The number of hydrogen-bond acceptors (Lipinski definition) is 3. The van der Waals surface area contributed by atoms with Crippen LogP contribution in [0.15, 0.2) is 35.4 Å². The van der Waals surface area contributed by atoms with Crippen molar-refractivity contribution in [2.75, 3.05) is 4.72 Å². The van der Waals surface area contributed by atoms with Gasteiger partial charge in [-0.05, 0) is 31.0 Å². The molecule has 2 aromatic rings. The molecule has 0 fully saturated rings. The smallest absolute Gasteiger partial charge is 0.263 e. The Morgan fingerprint density at radius 2 is 1.75 bits per heavy atom. The summed E-state index contributed by atoms with van der Waals surface area (Å²) >= 11 is 11.5. The van der Waals surface area contributed by atoms with Crippen LogP contribution in [0.5, 0.6) is 0 Å². The van der Waals surface area contributed by atoms with E-state index in [-0.39, 0.29) is 15.1 Å². The average Bonchev–Trinajstić information content (AvgIpc) is 2.37. The highest BCUT2D eigenvalue weighted by Crippen LogP contribution is 2.26. The molecule has 0 amide bonds. The summed E-state index contributed by atoms with van der Waals surface area (Å²) in [5, 5.41) is 0.161. The first-order valence-electron chi connectivity index (χ1n) is 5.71. The zero-order valence-corrected chi connectivity index (χ0v) is 13.1. The van der Waals surface area contributed by atoms with E-state index in [4.69, 9.17) is 23.2 Å². The summed E-state index contributed by atoms with van der Waals surface area (Å²) < 4.78 is 27.2. The van der Waals surface area contributed by atoms with Crippen molar-refractivity contribution in [3.63, 3.8) is 0 Å². The third kappa shape index (κ3) is 3.06. The third-order valence-corrected chi connectivity index (χ3v) is 4.80. The van der Waals surface area contributed by atoms with Gasteiger partial charge in [0, 0.05) is 6.20 Å². The maximum absolute atomic E-state index is 12.3. The van der Waals surface area contributed by atoms with Crippen molar-refractivity contribution in [3.8, 4) is 0 Å². The van der Waals surface area contributed by atoms with E-state index in [1.165, 1.54) is 12.3 Å². The van der Waals surface area contributed by atoms with Gasteiger partial charge in [0.15, 0.2) is 0 Å². The number of hydrogen-bond donors (Lipinski definition) is 1. The van der Waals surface area contributed by atoms with Gasteiger partial charge in [0.1, 0.15) is 10.0 Å². The van der Waals surface area contributed by atoms with Crippen LogP contribution in [0.4, 0.5) is 5.69 Å². The molecule has 1 N–H and O–H groups in total. The Morgan fingerprint density at radius 3 is 2.30 bits per heavy atom. The Morgan fingerprint density at radius 1 is 1.15 bits per heavy atom. The number of aryl methyl sites for hydroxylation is 2. The van der Waals surface area contributed by atoms with E-state index < -0.39 is 10.0 Å². The van der Waals surface area contributed by atoms with E-state index >= 15 is 0 Å². The topological polar surface area (TPSA) is 59.1 Å². The molecule has 1 aromatic carbocycles. The molecular weight excluding hydrogens is 319 g/mol. The van der Waals surface area contributed by atoms with Gasteiger partial charge in [0.25, 0.3) is 10.0 Å². The number of rotatable bonds is 3. The van der Waals surface area contributed by atoms with Crippen LogP contribution in [0.3, 0.4) is 0 Å². The maximum atomic E-state index is 12.3. The van der Waals surface area contributed by atoms with Crippen LogP contribution in [-0.4, -0.2) is 13.4 Å². The van der Waals surface area contributed by atoms with Gasteiger partial charge in [-0.3, -0.25) is 4.72 Å². The van der Waals surface area contributed by atoms with E-state index in [9.17, 15) is 8.42 Å². The molecule has 7 heteroatoms. The van der Waals surface area contributed by atoms with Crippen LogP contribution in [0.25, 0.3) is 0 Å². The minimum atomic E-state index is -3.75. The van der Waals surface area contributed by atoms with Crippen molar-refractivity contribution in [1.29, 1.82) is 0 Å². The predicted molar refractivity (Wildman–Crippen MR) is 81.0 cm³/mol. The van der Waals surface area contributed by atoms with Crippen molar-refractivity contribution < 1.29 is 8.42 Å².